The van der Waals surface area contributed by atoms with Crippen LogP contribution in [-0.4, -0.2) is 30.6 Å². The van der Waals surface area contributed by atoms with Crippen molar-refractivity contribution in [3.05, 3.63) is 53.6 Å². The lowest BCUT2D eigenvalue weighted by molar-refractivity contribution is -0.123. The fraction of sp³-hybridized carbons (Fsp3) is 0.263. The van der Waals surface area contributed by atoms with Gasteiger partial charge in [-0.3, -0.25) is 4.79 Å². The topological polar surface area (TPSA) is 63.2 Å². The molecule has 0 unspecified atom stereocenters. The highest BCUT2D eigenvalue weighted by Gasteiger charge is 2.05. The standard InChI is InChI=1S/C19H21N3O2S/c1-13-7-8-15(11-14(13)2)24-12-18(23)20-9-10-21-19-22-16-5-3-4-6-17(16)25-19/h3-8,11H,9-10,12H2,1-2H3,(H,20,23)(H,21,22). The van der Waals surface area contributed by atoms with E-state index in [1.807, 2.05) is 56.3 Å². The highest BCUT2D eigenvalue weighted by molar-refractivity contribution is 7.22. The third-order valence-corrected chi connectivity index (χ3v) is 4.86. The van der Waals surface area contributed by atoms with E-state index in [1.54, 1.807) is 11.3 Å². The van der Waals surface area contributed by atoms with Gasteiger partial charge in [-0.05, 0) is 49.2 Å². The summed E-state index contributed by atoms with van der Waals surface area (Å²) in [6.45, 7) is 5.23. The maximum absolute atomic E-state index is 11.8. The number of benzene rings is 2. The first-order valence-corrected chi connectivity index (χ1v) is 8.99. The number of nitrogens with one attached hydrogen (secondary N) is 2. The van der Waals surface area contributed by atoms with Gasteiger partial charge in [0.05, 0.1) is 10.2 Å². The third-order valence-electron chi connectivity index (χ3n) is 3.87. The number of carbonyl (C=O) groups excluding carboxylic acids is 1. The van der Waals surface area contributed by atoms with E-state index < -0.39 is 0 Å². The number of nitrogens with zero attached hydrogens (tertiary/aromatic N) is 1. The first-order chi connectivity index (χ1) is 12.1. The second-order valence-electron chi connectivity index (χ2n) is 5.80. The molecule has 1 amide bonds. The number of para-hydroxylation sites is 1. The number of carbonyl (C=O) groups is 1. The molecular formula is C19H21N3O2S. The maximum Gasteiger partial charge on any atom is 0.258 e. The zero-order chi connectivity index (χ0) is 17.6. The van der Waals surface area contributed by atoms with Gasteiger partial charge in [-0.2, -0.15) is 0 Å². The molecule has 0 aliphatic heterocycles. The summed E-state index contributed by atoms with van der Waals surface area (Å²) >= 11 is 1.61. The van der Waals surface area contributed by atoms with Crippen LogP contribution in [0.15, 0.2) is 42.5 Å². The minimum Gasteiger partial charge on any atom is -0.484 e. The van der Waals surface area contributed by atoms with Crippen LogP contribution >= 0.6 is 11.3 Å². The average Bonchev–Trinajstić information content (AvgIpc) is 3.02. The van der Waals surface area contributed by atoms with Gasteiger partial charge < -0.3 is 15.4 Å². The molecule has 0 aliphatic carbocycles. The lowest BCUT2D eigenvalue weighted by Crippen LogP contribution is -2.32. The number of hydrogen-bond acceptors (Lipinski definition) is 5. The van der Waals surface area contributed by atoms with Crippen molar-refractivity contribution in [2.24, 2.45) is 0 Å². The van der Waals surface area contributed by atoms with Gasteiger partial charge in [0, 0.05) is 13.1 Å². The molecule has 6 heteroatoms. The molecule has 0 fully saturated rings. The number of ether oxygens (including phenoxy) is 1. The van der Waals surface area contributed by atoms with E-state index in [4.69, 9.17) is 4.74 Å². The van der Waals surface area contributed by atoms with Crippen molar-refractivity contribution in [1.29, 1.82) is 0 Å². The Morgan fingerprint density at radius 1 is 1.12 bits per heavy atom. The Hall–Kier alpha value is -2.60. The maximum atomic E-state index is 11.8. The average molecular weight is 355 g/mol. The lowest BCUT2D eigenvalue weighted by Gasteiger charge is -2.09. The summed E-state index contributed by atoms with van der Waals surface area (Å²) in [6, 6.07) is 13.8. The molecule has 0 saturated carbocycles. The molecule has 3 rings (SSSR count). The van der Waals surface area contributed by atoms with E-state index in [1.165, 1.54) is 5.56 Å². The number of fused-ring (bicyclic) bond motifs is 1. The quantitative estimate of drug-likeness (QED) is 0.637. The number of amides is 1. The first-order valence-electron chi connectivity index (χ1n) is 8.18. The number of anilines is 1. The Bertz CT molecular complexity index is 843. The van der Waals surface area contributed by atoms with Gasteiger partial charge in [-0.25, -0.2) is 4.98 Å². The molecule has 130 valence electrons. The molecule has 0 aliphatic rings. The SMILES string of the molecule is Cc1ccc(OCC(=O)NCCNc2nc3ccccc3s2)cc1C. The van der Waals surface area contributed by atoms with Crippen LogP contribution < -0.4 is 15.4 Å². The van der Waals surface area contributed by atoms with Gasteiger partial charge in [-0.1, -0.05) is 29.5 Å². The Kier molecular flexibility index (Phi) is 5.50. The molecule has 5 nitrogen and oxygen atoms in total. The van der Waals surface area contributed by atoms with Crippen LogP contribution in [0.4, 0.5) is 5.13 Å². The molecule has 0 spiro atoms. The summed E-state index contributed by atoms with van der Waals surface area (Å²) < 4.78 is 6.67. The molecule has 0 radical (unpaired) electrons. The zero-order valence-electron chi connectivity index (χ0n) is 14.3. The van der Waals surface area contributed by atoms with Crippen molar-refractivity contribution in [2.45, 2.75) is 13.8 Å². The normalized spacial score (nSPS) is 10.6. The predicted octanol–water partition coefficient (Wildman–Crippen LogP) is 3.52. The van der Waals surface area contributed by atoms with E-state index in [2.05, 4.69) is 15.6 Å². The summed E-state index contributed by atoms with van der Waals surface area (Å²) in [7, 11) is 0. The summed E-state index contributed by atoms with van der Waals surface area (Å²) in [4.78, 5) is 16.3. The van der Waals surface area contributed by atoms with Crippen molar-refractivity contribution in [2.75, 3.05) is 25.0 Å². The van der Waals surface area contributed by atoms with Crippen LogP contribution in [0.1, 0.15) is 11.1 Å². The minimum absolute atomic E-state index is 0.0175. The molecular weight excluding hydrogens is 334 g/mol. The van der Waals surface area contributed by atoms with Crippen molar-refractivity contribution < 1.29 is 9.53 Å². The summed E-state index contributed by atoms with van der Waals surface area (Å²) in [6.07, 6.45) is 0. The van der Waals surface area contributed by atoms with E-state index in [0.717, 1.165) is 20.9 Å². The van der Waals surface area contributed by atoms with Crippen molar-refractivity contribution in [3.8, 4) is 5.75 Å². The van der Waals surface area contributed by atoms with Crippen LogP contribution in [0, 0.1) is 13.8 Å². The van der Waals surface area contributed by atoms with Gasteiger partial charge in [0.1, 0.15) is 5.75 Å². The summed E-state index contributed by atoms with van der Waals surface area (Å²) in [5.41, 5.74) is 3.34. The molecule has 3 aromatic rings. The van der Waals surface area contributed by atoms with Crippen molar-refractivity contribution in [1.82, 2.24) is 10.3 Å². The Labute approximate surface area is 151 Å². The molecule has 0 saturated heterocycles. The predicted molar refractivity (Wildman–Crippen MR) is 103 cm³/mol. The van der Waals surface area contributed by atoms with Gasteiger partial charge in [0.2, 0.25) is 0 Å². The van der Waals surface area contributed by atoms with Crippen molar-refractivity contribution in [3.63, 3.8) is 0 Å². The molecule has 2 N–H and O–H groups in total. The third kappa shape index (κ3) is 4.70. The fourth-order valence-corrected chi connectivity index (χ4v) is 3.21. The van der Waals surface area contributed by atoms with Crippen LogP contribution in [0.5, 0.6) is 5.75 Å². The molecule has 1 heterocycles. The monoisotopic (exact) mass is 355 g/mol. The van der Waals surface area contributed by atoms with Gasteiger partial charge in [0.25, 0.3) is 5.91 Å². The molecule has 0 bridgehead atoms. The number of rotatable bonds is 7. The minimum atomic E-state index is -0.135. The Morgan fingerprint density at radius 2 is 1.96 bits per heavy atom. The number of thiazole rings is 1. The molecule has 1 aromatic heterocycles. The fourth-order valence-electron chi connectivity index (χ4n) is 2.32. The summed E-state index contributed by atoms with van der Waals surface area (Å²) in [5.74, 6) is 0.579. The van der Waals surface area contributed by atoms with E-state index in [0.29, 0.717) is 18.8 Å². The van der Waals surface area contributed by atoms with Gasteiger partial charge in [0.15, 0.2) is 11.7 Å². The molecule has 0 atom stereocenters. The Balaban J connectivity index is 1.38. The van der Waals surface area contributed by atoms with Crippen LogP contribution in [0.2, 0.25) is 0 Å². The van der Waals surface area contributed by atoms with Gasteiger partial charge >= 0.3 is 0 Å². The lowest BCUT2D eigenvalue weighted by atomic mass is 10.1. The smallest absolute Gasteiger partial charge is 0.258 e. The largest absolute Gasteiger partial charge is 0.484 e. The highest BCUT2D eigenvalue weighted by atomic mass is 32.1. The van der Waals surface area contributed by atoms with E-state index in [-0.39, 0.29) is 12.5 Å². The highest BCUT2D eigenvalue weighted by Crippen LogP contribution is 2.24. The number of hydrogen-bond donors (Lipinski definition) is 2. The van der Waals surface area contributed by atoms with Crippen molar-refractivity contribution >= 4 is 32.6 Å². The van der Waals surface area contributed by atoms with E-state index in [9.17, 15) is 4.79 Å². The second kappa shape index (κ2) is 7.98. The van der Waals surface area contributed by atoms with Crippen LogP contribution in [0.25, 0.3) is 10.2 Å². The number of aryl methyl sites for hydroxylation is 2. The first kappa shape index (κ1) is 17.2. The van der Waals surface area contributed by atoms with E-state index >= 15 is 0 Å². The molecule has 2 aromatic carbocycles. The second-order valence-corrected chi connectivity index (χ2v) is 6.83. The Morgan fingerprint density at radius 3 is 2.76 bits per heavy atom. The summed E-state index contributed by atoms with van der Waals surface area (Å²) in [5, 5.41) is 6.92. The van der Waals surface area contributed by atoms with Crippen LogP contribution in [0.3, 0.4) is 0 Å². The van der Waals surface area contributed by atoms with Gasteiger partial charge in [-0.15, -0.1) is 0 Å². The zero-order valence-corrected chi connectivity index (χ0v) is 15.2. The molecule has 25 heavy (non-hydrogen) atoms. The van der Waals surface area contributed by atoms with Crippen LogP contribution in [-0.2, 0) is 4.79 Å². The number of aromatic nitrogens is 1.